The fourth-order valence-corrected chi connectivity index (χ4v) is 10.0. The van der Waals surface area contributed by atoms with Gasteiger partial charge in [-0.1, -0.05) is 121 Å². The summed E-state index contributed by atoms with van der Waals surface area (Å²) in [5, 5.41) is 22.0. The molecule has 7 heteroatoms. The third kappa shape index (κ3) is 4.38. The van der Waals surface area contributed by atoms with Crippen LogP contribution >= 0.6 is 0 Å². The first kappa shape index (κ1) is 33.2. The molecule has 5 heterocycles. The number of aromatic nitrogens is 4. The molecule has 7 nitrogen and oxygen atoms in total. The third-order valence-electron chi connectivity index (χ3n) is 12.4. The van der Waals surface area contributed by atoms with Crippen LogP contribution in [-0.2, 0) is 0 Å². The first-order valence-electron chi connectivity index (χ1n) is 20.1. The molecule has 13 aromatic rings. The molecule has 0 saturated heterocycles. The molecule has 0 unspecified atom stereocenters. The molecule has 0 saturated carbocycles. The monoisotopic (exact) mass is 776 g/mol. The van der Waals surface area contributed by atoms with Gasteiger partial charge in [-0.05, 0) is 69.1 Å². The molecule has 0 radical (unpaired) electrons. The second-order valence-corrected chi connectivity index (χ2v) is 15.4. The summed E-state index contributed by atoms with van der Waals surface area (Å²) >= 11 is 0. The maximum Gasteiger partial charge on any atom is 0.220 e. The highest BCUT2D eigenvalue weighted by Gasteiger charge is 2.33. The molecular weight excluding hydrogens is 749 g/mol. The summed E-state index contributed by atoms with van der Waals surface area (Å²) in [6, 6.07) is 56.0. The van der Waals surface area contributed by atoms with Crippen LogP contribution in [0.3, 0.4) is 0 Å². The zero-order valence-corrected chi connectivity index (χ0v) is 32.3. The summed E-state index contributed by atoms with van der Waals surface area (Å²) in [5.74, 6) is 0. The molecular formula is C54H28N6O. The number of para-hydroxylation sites is 2. The Hall–Kier alpha value is -8.78. The van der Waals surface area contributed by atoms with Crippen molar-refractivity contribution in [2.45, 2.75) is 0 Å². The molecule has 61 heavy (non-hydrogen) atoms. The molecule has 280 valence electrons. The van der Waals surface area contributed by atoms with Gasteiger partial charge in [0.25, 0.3) is 0 Å². The van der Waals surface area contributed by atoms with Crippen molar-refractivity contribution in [3.8, 4) is 39.7 Å². The Morgan fingerprint density at radius 1 is 0.492 bits per heavy atom. The van der Waals surface area contributed by atoms with E-state index in [2.05, 4.69) is 98.9 Å². The van der Waals surface area contributed by atoms with Crippen molar-refractivity contribution in [1.29, 1.82) is 5.26 Å². The lowest BCUT2D eigenvalue weighted by atomic mass is 9.88. The molecule has 8 aromatic carbocycles. The van der Waals surface area contributed by atoms with E-state index in [4.69, 9.17) is 21.0 Å². The fourth-order valence-electron chi connectivity index (χ4n) is 10.0. The Bertz CT molecular complexity index is 3980. The zero-order chi connectivity index (χ0) is 40.3. The van der Waals surface area contributed by atoms with Crippen molar-refractivity contribution < 1.29 is 4.42 Å². The van der Waals surface area contributed by atoms with Crippen LogP contribution in [-0.4, -0.2) is 19.1 Å². The fraction of sp³-hybridized carbons (Fsp3) is 0. The molecule has 0 aliphatic heterocycles. The largest absolute Gasteiger partial charge is 0.456 e. The number of rotatable bonds is 4. The van der Waals surface area contributed by atoms with Crippen molar-refractivity contribution in [2.75, 3.05) is 0 Å². The van der Waals surface area contributed by atoms with Crippen molar-refractivity contribution in [1.82, 2.24) is 19.1 Å². The second kappa shape index (κ2) is 12.4. The van der Waals surface area contributed by atoms with Gasteiger partial charge in [0.2, 0.25) is 5.69 Å². The molecule has 0 spiro atoms. The van der Waals surface area contributed by atoms with E-state index < -0.39 is 0 Å². The summed E-state index contributed by atoms with van der Waals surface area (Å²) in [6.07, 6.45) is 3.70. The van der Waals surface area contributed by atoms with Crippen molar-refractivity contribution in [3.63, 3.8) is 0 Å². The Morgan fingerprint density at radius 2 is 1.07 bits per heavy atom. The quantitative estimate of drug-likeness (QED) is 0.132. The summed E-state index contributed by atoms with van der Waals surface area (Å²) < 4.78 is 10.8. The van der Waals surface area contributed by atoms with Gasteiger partial charge in [-0.3, -0.25) is 4.57 Å². The van der Waals surface area contributed by atoms with Gasteiger partial charge < -0.3 is 8.98 Å². The second-order valence-electron chi connectivity index (χ2n) is 15.4. The molecule has 0 N–H and O–H groups in total. The normalized spacial score (nSPS) is 11.9. The highest BCUT2D eigenvalue weighted by atomic mass is 16.3. The Labute approximate surface area is 347 Å². The summed E-state index contributed by atoms with van der Waals surface area (Å²) in [4.78, 5) is 14.7. The van der Waals surface area contributed by atoms with Crippen LogP contribution in [0, 0.1) is 17.9 Å². The van der Waals surface area contributed by atoms with Gasteiger partial charge in [-0.15, -0.1) is 0 Å². The van der Waals surface area contributed by atoms with Gasteiger partial charge in [0.05, 0.1) is 34.5 Å². The highest BCUT2D eigenvalue weighted by molar-refractivity contribution is 6.33. The van der Waals surface area contributed by atoms with Gasteiger partial charge in [-0.2, -0.15) is 5.26 Å². The van der Waals surface area contributed by atoms with E-state index in [0.717, 1.165) is 92.8 Å². The lowest BCUT2D eigenvalue weighted by Crippen LogP contribution is -2.09. The smallest absolute Gasteiger partial charge is 0.220 e. The Balaban J connectivity index is 1.32. The minimum absolute atomic E-state index is 0.337. The van der Waals surface area contributed by atoms with Gasteiger partial charge in [0.15, 0.2) is 0 Å². The van der Waals surface area contributed by atoms with Gasteiger partial charge in [-0.25, -0.2) is 14.8 Å². The van der Waals surface area contributed by atoms with E-state index in [1.807, 2.05) is 91.3 Å². The van der Waals surface area contributed by atoms with Crippen LogP contribution in [0.1, 0.15) is 5.56 Å². The van der Waals surface area contributed by atoms with Gasteiger partial charge >= 0.3 is 0 Å². The van der Waals surface area contributed by atoms with Crippen molar-refractivity contribution in [2.24, 2.45) is 0 Å². The Kier molecular flexibility index (Phi) is 6.73. The average Bonchev–Trinajstić information content (AvgIpc) is 3.97. The van der Waals surface area contributed by atoms with E-state index in [-0.39, 0.29) is 0 Å². The highest BCUT2D eigenvalue weighted by Crippen LogP contribution is 2.53. The summed E-state index contributed by atoms with van der Waals surface area (Å²) in [5.41, 5.74) is 9.66. The SMILES string of the molecule is [C-]#[N+]c1c(-c2ccccc2)c(C#N)c(-n2c3ccccc3c3cc4oc5ccccc5c4cc32)c(-c2ccccc2)c1-n1c2nccc3c4ccccc4c4ccnc1c4c32. The predicted molar refractivity (Wildman–Crippen MR) is 246 cm³/mol. The van der Waals surface area contributed by atoms with Crippen LogP contribution < -0.4 is 0 Å². The Morgan fingerprint density at radius 3 is 1.70 bits per heavy atom. The molecule has 0 aliphatic carbocycles. The number of hydrogen-bond donors (Lipinski definition) is 0. The number of nitriles is 1. The number of pyridine rings is 2. The predicted octanol–water partition coefficient (Wildman–Crippen LogP) is 14.1. The molecule has 0 amide bonds. The van der Waals surface area contributed by atoms with Crippen LogP contribution in [0.4, 0.5) is 5.69 Å². The van der Waals surface area contributed by atoms with Gasteiger partial charge in [0.1, 0.15) is 28.5 Å². The number of hydrogen-bond acceptors (Lipinski definition) is 4. The molecule has 13 rings (SSSR count). The van der Waals surface area contributed by atoms with E-state index >= 15 is 0 Å². The van der Waals surface area contributed by atoms with Crippen LogP contribution in [0.2, 0.25) is 0 Å². The first-order chi connectivity index (χ1) is 30.2. The zero-order valence-electron chi connectivity index (χ0n) is 32.3. The molecule has 5 aromatic heterocycles. The van der Waals surface area contributed by atoms with Gasteiger partial charge in [0, 0.05) is 55.8 Å². The topological polar surface area (TPSA) is 76.9 Å². The minimum Gasteiger partial charge on any atom is -0.456 e. The van der Waals surface area contributed by atoms with Crippen molar-refractivity contribution >= 4 is 93.0 Å². The molecule has 0 bridgehead atoms. The van der Waals surface area contributed by atoms with Crippen LogP contribution in [0.15, 0.2) is 175 Å². The average molecular weight is 777 g/mol. The maximum absolute atomic E-state index is 11.7. The van der Waals surface area contributed by atoms with Crippen molar-refractivity contribution in [3.05, 3.63) is 187 Å². The molecule has 0 fully saturated rings. The molecule has 0 atom stereocenters. The summed E-state index contributed by atoms with van der Waals surface area (Å²) in [6.45, 7) is 9.13. The number of nitrogens with zero attached hydrogens (tertiary/aromatic N) is 6. The van der Waals surface area contributed by atoms with Crippen LogP contribution in [0.5, 0.6) is 0 Å². The maximum atomic E-state index is 11.7. The lowest BCUT2D eigenvalue weighted by Gasteiger charge is -2.25. The third-order valence-corrected chi connectivity index (χ3v) is 12.4. The summed E-state index contributed by atoms with van der Waals surface area (Å²) in [7, 11) is 0. The lowest BCUT2D eigenvalue weighted by molar-refractivity contribution is 0.669. The number of furan rings is 1. The van der Waals surface area contributed by atoms with E-state index in [1.54, 1.807) is 0 Å². The first-order valence-corrected chi connectivity index (χ1v) is 20.1. The molecule has 0 aliphatic rings. The number of benzene rings is 8. The van der Waals surface area contributed by atoms with E-state index in [1.165, 1.54) is 0 Å². The minimum atomic E-state index is 0.337. The standard InChI is InChI=1S/C54H28N6O/c1-56-50-46(31-14-4-2-5-15-31)41(30-55)51(59-42-22-12-10-20-35(42)39-29-45-40(28-43(39)59)36-21-11-13-23-44(36)61-45)47(32-16-6-3-7-17-32)52(50)60-53-48-37(24-26-57-53)33-18-8-9-19-34(33)38-25-27-58-54(60)49(38)48/h2-29H. The number of fused-ring (bicyclic) bond motifs is 9. The van der Waals surface area contributed by atoms with Crippen LogP contribution in [0.25, 0.3) is 126 Å². The van der Waals surface area contributed by atoms with E-state index in [9.17, 15) is 5.26 Å². The van der Waals surface area contributed by atoms with E-state index in [0.29, 0.717) is 39.5 Å².